The molecule has 0 aliphatic heterocycles. The molecule has 0 spiro atoms. The normalized spacial score (nSPS) is 10.1. The van der Waals surface area contributed by atoms with Crippen molar-refractivity contribution in [2.75, 3.05) is 6.61 Å². The zero-order valence-corrected chi connectivity index (χ0v) is 12.0. The fourth-order valence-electron chi connectivity index (χ4n) is 1.87. The Hall–Kier alpha value is -3.12. The van der Waals surface area contributed by atoms with Crippen LogP contribution < -0.4 is 4.74 Å². The van der Waals surface area contributed by atoms with Gasteiger partial charge in [-0.05, 0) is 42.5 Å². The zero-order chi connectivity index (χ0) is 15.8. The summed E-state index contributed by atoms with van der Waals surface area (Å²) in [4.78, 5) is 12.1. The van der Waals surface area contributed by atoms with Crippen molar-refractivity contribution in [3.05, 3.63) is 84.0 Å². The van der Waals surface area contributed by atoms with Crippen molar-refractivity contribution in [1.29, 1.82) is 5.26 Å². The van der Waals surface area contributed by atoms with E-state index in [-0.39, 0.29) is 5.78 Å². The molecule has 108 valence electrons. The summed E-state index contributed by atoms with van der Waals surface area (Å²) in [6, 6.07) is 16.0. The van der Waals surface area contributed by atoms with Crippen molar-refractivity contribution in [2.24, 2.45) is 0 Å². The highest BCUT2D eigenvalue weighted by atomic mass is 16.5. The van der Waals surface area contributed by atoms with Gasteiger partial charge in [0.05, 0.1) is 11.6 Å². The fourth-order valence-corrected chi connectivity index (χ4v) is 1.87. The molecule has 3 heteroatoms. The van der Waals surface area contributed by atoms with E-state index >= 15 is 0 Å². The average Bonchev–Trinajstić information content (AvgIpc) is 2.58. The van der Waals surface area contributed by atoms with E-state index in [4.69, 9.17) is 10.00 Å². The molecular weight excluding hydrogens is 274 g/mol. The van der Waals surface area contributed by atoms with Crippen molar-refractivity contribution < 1.29 is 9.53 Å². The first kappa shape index (κ1) is 15.3. The van der Waals surface area contributed by atoms with Crippen LogP contribution in [0.1, 0.15) is 21.5 Å². The number of rotatable bonds is 6. The smallest absolute Gasteiger partial charge is 0.185 e. The molecule has 0 radical (unpaired) electrons. The topological polar surface area (TPSA) is 50.1 Å². The molecule has 0 atom stereocenters. The zero-order valence-electron chi connectivity index (χ0n) is 12.0. The summed E-state index contributed by atoms with van der Waals surface area (Å²) in [5.74, 6) is 0.578. The summed E-state index contributed by atoms with van der Waals surface area (Å²) < 4.78 is 5.54. The van der Waals surface area contributed by atoms with Crippen LogP contribution in [-0.2, 0) is 0 Å². The number of allylic oxidation sites excluding steroid dienone is 1. The van der Waals surface area contributed by atoms with Gasteiger partial charge in [0.1, 0.15) is 12.4 Å². The molecule has 0 saturated carbocycles. The molecule has 3 nitrogen and oxygen atoms in total. The van der Waals surface area contributed by atoms with E-state index in [1.54, 1.807) is 36.4 Å². The fraction of sp³-hybridized carbons (Fsp3) is 0.0526. The first-order valence-corrected chi connectivity index (χ1v) is 6.80. The van der Waals surface area contributed by atoms with Crippen LogP contribution in [0.15, 0.2) is 67.3 Å². The highest BCUT2D eigenvalue weighted by Crippen LogP contribution is 2.19. The summed E-state index contributed by atoms with van der Waals surface area (Å²) in [7, 11) is 0. The molecule has 0 bridgehead atoms. The molecule has 0 aliphatic rings. The molecular formula is C19H15NO2. The Balaban J connectivity index is 2.15. The molecule has 0 N–H and O–H groups in total. The molecule has 0 aromatic heterocycles. The molecule has 0 saturated heterocycles. The molecule has 0 aliphatic carbocycles. The first-order valence-electron chi connectivity index (χ1n) is 6.80. The van der Waals surface area contributed by atoms with Gasteiger partial charge in [-0.15, -0.1) is 0 Å². The van der Waals surface area contributed by atoms with Crippen molar-refractivity contribution in [1.82, 2.24) is 0 Å². The van der Waals surface area contributed by atoms with E-state index in [9.17, 15) is 4.79 Å². The second kappa shape index (κ2) is 7.61. The first-order chi connectivity index (χ1) is 10.7. The Morgan fingerprint density at radius 3 is 2.59 bits per heavy atom. The highest BCUT2D eigenvalue weighted by molar-refractivity contribution is 6.07. The highest BCUT2D eigenvalue weighted by Gasteiger charge is 2.03. The summed E-state index contributed by atoms with van der Waals surface area (Å²) in [6.45, 7) is 4.02. The third kappa shape index (κ3) is 3.94. The van der Waals surface area contributed by atoms with E-state index in [1.165, 1.54) is 6.08 Å². The Morgan fingerprint density at radius 2 is 1.91 bits per heavy atom. The van der Waals surface area contributed by atoms with E-state index in [0.29, 0.717) is 23.5 Å². The predicted molar refractivity (Wildman–Crippen MR) is 86.7 cm³/mol. The van der Waals surface area contributed by atoms with Crippen LogP contribution in [0, 0.1) is 11.3 Å². The lowest BCUT2D eigenvalue weighted by Crippen LogP contribution is -1.96. The van der Waals surface area contributed by atoms with Gasteiger partial charge in [0.2, 0.25) is 0 Å². The van der Waals surface area contributed by atoms with Crippen LogP contribution in [-0.4, -0.2) is 12.4 Å². The summed E-state index contributed by atoms with van der Waals surface area (Å²) >= 11 is 0. The maximum atomic E-state index is 12.1. The van der Waals surface area contributed by atoms with Crippen molar-refractivity contribution >= 4 is 11.9 Å². The summed E-state index contributed by atoms with van der Waals surface area (Å²) in [5, 5.41) is 8.75. The second-order valence-electron chi connectivity index (χ2n) is 4.52. The summed E-state index contributed by atoms with van der Waals surface area (Å²) in [6.07, 6.45) is 4.89. The third-order valence-corrected chi connectivity index (χ3v) is 2.99. The van der Waals surface area contributed by atoms with Gasteiger partial charge in [-0.2, -0.15) is 5.26 Å². The largest absolute Gasteiger partial charge is 0.489 e. The molecule has 0 amide bonds. The van der Waals surface area contributed by atoms with Gasteiger partial charge in [-0.25, -0.2) is 0 Å². The predicted octanol–water partition coefficient (Wildman–Crippen LogP) is 4.02. The Morgan fingerprint density at radius 1 is 1.18 bits per heavy atom. The number of ether oxygens (including phenoxy) is 1. The van der Waals surface area contributed by atoms with Gasteiger partial charge < -0.3 is 4.74 Å². The van der Waals surface area contributed by atoms with Gasteiger partial charge in [-0.1, -0.05) is 30.9 Å². The van der Waals surface area contributed by atoms with E-state index < -0.39 is 0 Å². The lowest BCUT2D eigenvalue weighted by atomic mass is 10.1. The van der Waals surface area contributed by atoms with Crippen LogP contribution in [0.4, 0.5) is 0 Å². The van der Waals surface area contributed by atoms with Gasteiger partial charge in [0.25, 0.3) is 0 Å². The lowest BCUT2D eigenvalue weighted by molar-refractivity contribution is 0.104. The van der Waals surface area contributed by atoms with Gasteiger partial charge in [0, 0.05) is 11.1 Å². The van der Waals surface area contributed by atoms with Crippen LogP contribution >= 0.6 is 0 Å². The van der Waals surface area contributed by atoms with Crippen molar-refractivity contribution in [2.45, 2.75) is 0 Å². The maximum absolute atomic E-state index is 12.1. The number of hydrogen-bond donors (Lipinski definition) is 0. The number of nitriles is 1. The van der Waals surface area contributed by atoms with Crippen molar-refractivity contribution in [3.63, 3.8) is 0 Å². The van der Waals surface area contributed by atoms with Crippen LogP contribution in [0.2, 0.25) is 0 Å². The Bertz CT molecular complexity index is 737. The number of carbonyl (C=O) groups is 1. The third-order valence-electron chi connectivity index (χ3n) is 2.99. The van der Waals surface area contributed by atoms with Crippen LogP contribution in [0.25, 0.3) is 6.08 Å². The lowest BCUT2D eigenvalue weighted by Gasteiger charge is -2.06. The molecule has 0 heterocycles. The van der Waals surface area contributed by atoms with Crippen LogP contribution in [0.3, 0.4) is 0 Å². The maximum Gasteiger partial charge on any atom is 0.185 e. The SMILES string of the molecule is C=CCOc1ccccc1/C=C/C(=O)c1ccc(C#N)cc1. The second-order valence-corrected chi connectivity index (χ2v) is 4.52. The van der Waals surface area contributed by atoms with Gasteiger partial charge in [-0.3, -0.25) is 4.79 Å². The van der Waals surface area contributed by atoms with Crippen LogP contribution in [0.5, 0.6) is 5.75 Å². The van der Waals surface area contributed by atoms with E-state index in [2.05, 4.69) is 6.58 Å². The summed E-state index contributed by atoms with van der Waals surface area (Å²) in [5.41, 5.74) is 1.90. The number of hydrogen-bond acceptors (Lipinski definition) is 3. The Labute approximate surface area is 129 Å². The van der Waals surface area contributed by atoms with Crippen molar-refractivity contribution in [3.8, 4) is 11.8 Å². The molecule has 0 unspecified atom stereocenters. The standard InChI is InChI=1S/C19H15NO2/c1-2-13-22-19-6-4-3-5-17(19)11-12-18(21)16-9-7-15(14-20)8-10-16/h2-12H,1,13H2/b12-11+. The van der Waals surface area contributed by atoms with E-state index in [1.807, 2.05) is 30.3 Å². The molecule has 0 fully saturated rings. The van der Waals surface area contributed by atoms with Gasteiger partial charge in [0.15, 0.2) is 5.78 Å². The number of para-hydroxylation sites is 1. The molecule has 22 heavy (non-hydrogen) atoms. The number of benzene rings is 2. The minimum atomic E-state index is -0.122. The average molecular weight is 289 g/mol. The number of carbonyl (C=O) groups excluding carboxylic acids is 1. The minimum absolute atomic E-state index is 0.122. The molecule has 2 aromatic carbocycles. The molecule has 2 aromatic rings. The van der Waals surface area contributed by atoms with Gasteiger partial charge >= 0.3 is 0 Å². The minimum Gasteiger partial charge on any atom is -0.489 e. The monoisotopic (exact) mass is 289 g/mol. The number of ketones is 1. The van der Waals surface area contributed by atoms with E-state index in [0.717, 1.165) is 5.56 Å². The molecule has 2 rings (SSSR count). The number of nitrogens with zero attached hydrogens (tertiary/aromatic N) is 1. The quantitative estimate of drug-likeness (QED) is 0.458. The Kier molecular flexibility index (Phi) is 5.28.